The highest BCUT2D eigenvalue weighted by Gasteiger charge is 2.05. The lowest BCUT2D eigenvalue weighted by Crippen LogP contribution is -2.01. The van der Waals surface area contributed by atoms with E-state index in [-0.39, 0.29) is 13.0 Å². The summed E-state index contributed by atoms with van der Waals surface area (Å²) in [6, 6.07) is 68.7. The molecule has 0 unspecified atom stereocenters. The average molecular weight is 1240 g/mol. The Morgan fingerprint density at radius 3 is 0.747 bits per heavy atom. The summed E-state index contributed by atoms with van der Waals surface area (Å²) in [5.74, 6) is 0. The van der Waals surface area contributed by atoms with Crippen LogP contribution in [0.4, 0.5) is 17.6 Å². The third-order valence-corrected chi connectivity index (χ3v) is 13.1. The van der Waals surface area contributed by atoms with E-state index in [0.717, 1.165) is 65.5 Å². The van der Waals surface area contributed by atoms with Crippen LogP contribution >= 0.6 is 55.1 Å². The minimum Gasteiger partial charge on any atom is -0.326 e. The van der Waals surface area contributed by atoms with Gasteiger partial charge >= 0.3 is 0 Å². The molecule has 7 rings (SSSR count). The van der Waals surface area contributed by atoms with Gasteiger partial charge in [-0.3, -0.25) is 0 Å². The van der Waals surface area contributed by atoms with Crippen molar-refractivity contribution < 1.29 is 17.6 Å². The average Bonchev–Trinajstić information content (AvgIpc) is 3.50. The van der Waals surface area contributed by atoms with Crippen molar-refractivity contribution in [1.29, 1.82) is 0 Å². The number of hydrogen-bond donors (Lipinski definition) is 1. The van der Waals surface area contributed by atoms with E-state index in [1.807, 2.05) is 151 Å². The summed E-state index contributed by atoms with van der Waals surface area (Å²) < 4.78 is 48.9. The van der Waals surface area contributed by atoms with Crippen LogP contribution in [-0.4, -0.2) is 6.54 Å². The smallest absolute Gasteiger partial charge is 0.274 e. The third kappa shape index (κ3) is 30.2. The van der Waals surface area contributed by atoms with Crippen LogP contribution in [0.25, 0.3) is 39.0 Å². The molecule has 9 heteroatoms. The molecule has 0 amide bonds. The van der Waals surface area contributed by atoms with E-state index in [0.29, 0.717) is 31.2 Å². The molecule has 0 saturated carbocycles. The lowest BCUT2D eigenvalue weighted by molar-refractivity contribution is 0.423. The van der Waals surface area contributed by atoms with Crippen molar-refractivity contribution in [1.82, 2.24) is 0 Å². The van der Waals surface area contributed by atoms with Crippen molar-refractivity contribution in [3.05, 3.63) is 291 Å². The van der Waals surface area contributed by atoms with Gasteiger partial charge in [-0.15, -0.1) is 0 Å². The fourth-order valence-corrected chi connectivity index (χ4v) is 8.62. The van der Waals surface area contributed by atoms with Crippen LogP contribution in [0.15, 0.2) is 252 Å². The zero-order valence-corrected chi connectivity index (χ0v) is 50.4. The Morgan fingerprint density at radius 1 is 0.354 bits per heavy atom. The van der Waals surface area contributed by atoms with Gasteiger partial charge in [0.05, 0.1) is 12.7 Å². The molecule has 1 nitrogen and oxygen atoms in total. The fraction of sp³-hybridized carbons (Fsp3) is 0.200. The molecule has 0 saturated heterocycles. The van der Waals surface area contributed by atoms with Gasteiger partial charge in [0.15, 0.2) is 0 Å². The number of halogens is 8. The first-order valence-electron chi connectivity index (χ1n) is 25.9. The molecule has 0 bridgehead atoms. The number of hydrogen-bond acceptors (Lipinski definition) is 1. The molecule has 7 aromatic carbocycles. The second kappa shape index (κ2) is 47.9. The minimum absolute atomic E-state index is 0. The predicted octanol–water partition coefficient (Wildman–Crippen LogP) is 24.7. The molecule has 0 aliphatic carbocycles. The molecule has 0 aromatic heterocycles. The predicted molar refractivity (Wildman–Crippen MR) is 351 cm³/mol. The summed E-state index contributed by atoms with van der Waals surface area (Å²) >= 11 is 17.9. The molecular formula is C70H79Br2Cl2F4N. The fourth-order valence-electron chi connectivity index (χ4n) is 6.95. The minimum atomic E-state index is -1.58. The van der Waals surface area contributed by atoms with Crippen LogP contribution in [0.2, 0.25) is 0 Å². The summed E-state index contributed by atoms with van der Waals surface area (Å²) in [5, 5.41) is 0. The molecule has 2 N–H and O–H groups in total. The highest BCUT2D eigenvalue weighted by molar-refractivity contribution is 9.11. The Balaban J connectivity index is 0.000000897. The zero-order valence-electron chi connectivity index (χ0n) is 45.7. The highest BCUT2D eigenvalue weighted by Crippen LogP contribution is 2.24. The Bertz CT molecular complexity index is 2390. The topological polar surface area (TPSA) is 26.0 Å². The van der Waals surface area contributed by atoms with Crippen LogP contribution < -0.4 is 5.73 Å². The highest BCUT2D eigenvalue weighted by atomic mass is 79.9. The number of rotatable bonds is 14. The van der Waals surface area contributed by atoms with Gasteiger partial charge in [-0.05, 0) is 121 Å². The van der Waals surface area contributed by atoms with Gasteiger partial charge in [0.2, 0.25) is 0 Å². The maximum absolute atomic E-state index is 12.3. The molecular weight excluding hydrogens is 1160 g/mol. The van der Waals surface area contributed by atoms with Gasteiger partial charge < -0.3 is 5.73 Å². The number of allylic oxidation sites excluding steroid dienone is 6. The lowest BCUT2D eigenvalue weighted by atomic mass is 10.1. The second-order valence-corrected chi connectivity index (χ2v) is 17.8. The molecule has 0 atom stereocenters. The van der Waals surface area contributed by atoms with E-state index in [4.69, 9.17) is 28.9 Å². The van der Waals surface area contributed by atoms with Gasteiger partial charge in [-0.2, -0.15) is 8.78 Å². The maximum atomic E-state index is 12.3. The van der Waals surface area contributed by atoms with Crippen LogP contribution in [0.3, 0.4) is 0 Å². The van der Waals surface area contributed by atoms with Crippen molar-refractivity contribution in [3.63, 3.8) is 0 Å². The summed E-state index contributed by atoms with van der Waals surface area (Å²) in [4.78, 5) is 3.98. The SMILES string of the molecule is C.CC/C(=C/Br)c1ccccc1.CC/C(=C/Cl)c1ccccc1.CC/C(=C/F)c1ccccc1.CC/C(=C\Br)c1ccccc1.CC/C(=C\F)c1ccccc1.CCC(=C(F)F)c1ccccc1.NC/C(=C\Cl)c1ccccc1. The normalized spacial score (nSPS) is 11.2. The Hall–Kier alpha value is -6.06. The lowest BCUT2D eigenvalue weighted by Gasteiger charge is -2.01. The van der Waals surface area contributed by atoms with Crippen LogP contribution in [0.5, 0.6) is 0 Å². The van der Waals surface area contributed by atoms with E-state index >= 15 is 0 Å². The molecule has 420 valence electrons. The third-order valence-electron chi connectivity index (χ3n) is 11.5. The van der Waals surface area contributed by atoms with Crippen molar-refractivity contribution >= 4 is 94.1 Å². The molecule has 0 spiro atoms. The van der Waals surface area contributed by atoms with Crippen molar-refractivity contribution in [2.45, 2.75) is 87.5 Å². The maximum Gasteiger partial charge on any atom is 0.274 e. The molecule has 79 heavy (non-hydrogen) atoms. The van der Waals surface area contributed by atoms with E-state index in [9.17, 15) is 17.6 Å². The summed E-state index contributed by atoms with van der Waals surface area (Å²) in [6.07, 6.45) is 4.72. The van der Waals surface area contributed by atoms with Crippen LogP contribution in [0, 0.1) is 0 Å². The largest absolute Gasteiger partial charge is 0.326 e. The zero-order chi connectivity index (χ0) is 57.6. The molecule has 0 radical (unpaired) electrons. The van der Waals surface area contributed by atoms with Gasteiger partial charge in [-0.25, -0.2) is 8.78 Å². The van der Waals surface area contributed by atoms with E-state index < -0.39 is 6.08 Å². The molecule has 0 heterocycles. The summed E-state index contributed by atoms with van der Waals surface area (Å²) in [5.41, 5.74) is 22.6. The molecule has 0 aliphatic rings. The van der Waals surface area contributed by atoms with Gasteiger partial charge in [0, 0.05) is 23.2 Å². The van der Waals surface area contributed by atoms with Crippen molar-refractivity contribution in [2.75, 3.05) is 6.54 Å². The van der Waals surface area contributed by atoms with Gasteiger partial charge in [-0.1, -0.05) is 316 Å². The quantitative estimate of drug-likeness (QED) is 0.108. The second-order valence-electron chi connectivity index (χ2n) is 16.4. The molecule has 7 aromatic rings. The monoisotopic (exact) mass is 1240 g/mol. The van der Waals surface area contributed by atoms with Crippen LogP contribution in [0.1, 0.15) is 126 Å². The first-order chi connectivity index (χ1) is 38.0. The van der Waals surface area contributed by atoms with E-state index in [2.05, 4.69) is 113 Å². The number of nitrogens with two attached hydrogens (primary N) is 1. The molecule has 0 aliphatic heterocycles. The van der Waals surface area contributed by atoms with Gasteiger partial charge in [0.25, 0.3) is 6.08 Å². The molecule has 0 fully saturated rings. The van der Waals surface area contributed by atoms with E-state index in [1.165, 1.54) is 38.9 Å². The first kappa shape index (κ1) is 72.9. The van der Waals surface area contributed by atoms with Gasteiger partial charge in [0.1, 0.15) is 0 Å². The van der Waals surface area contributed by atoms with Crippen molar-refractivity contribution in [3.8, 4) is 0 Å². The summed E-state index contributed by atoms with van der Waals surface area (Å²) in [7, 11) is 0. The van der Waals surface area contributed by atoms with Crippen molar-refractivity contribution in [2.24, 2.45) is 5.73 Å². The summed E-state index contributed by atoms with van der Waals surface area (Å²) in [6.45, 7) is 12.5. The Kier molecular flexibility index (Phi) is 44.2. The Labute approximate surface area is 499 Å². The van der Waals surface area contributed by atoms with Crippen LogP contribution in [-0.2, 0) is 0 Å². The Morgan fingerprint density at radius 2 is 0.570 bits per heavy atom. The first-order valence-corrected chi connectivity index (χ1v) is 28.6. The number of benzene rings is 7. The van der Waals surface area contributed by atoms with E-state index in [1.54, 1.807) is 36.7 Å². The standard InChI is InChI=1S/2C10H11Br.C10H11Cl.C10H10F2.2C10H11F.C9H10ClN.CH4/c3*1-2-9(8-11)10-6-4-3-5-7-10;1-2-9(10(11)12)8-6-4-3-5-7-8;2*1-2-9(8-11)10-6-4-3-5-7-10;10-6-9(7-11)8-4-2-1-3-5-8;/h3*3-8H,2H2,1H3;3-7H,2H2,1H3;2*3-8H,2H2,1H3;1-6H,7,11H2;1H4/b9-8+;2*9-8-;;9-8+;9-8-;9-6+;.